The van der Waals surface area contributed by atoms with Crippen LogP contribution < -0.4 is 9.30 Å². The van der Waals surface area contributed by atoms with Crippen molar-refractivity contribution in [3.63, 3.8) is 0 Å². The molecule has 6 heteroatoms. The van der Waals surface area contributed by atoms with Crippen molar-refractivity contribution < 1.29 is 22.5 Å². The third-order valence-corrected chi connectivity index (χ3v) is 5.54. The molecule has 3 nitrogen and oxygen atoms in total. The van der Waals surface area contributed by atoms with Gasteiger partial charge in [0.15, 0.2) is 11.9 Å². The number of aryl methyl sites for hydroxylation is 3. The maximum atomic E-state index is 13.5. The lowest BCUT2D eigenvalue weighted by atomic mass is 9.84. The van der Waals surface area contributed by atoms with Gasteiger partial charge in [-0.15, -0.1) is 0 Å². The molecule has 0 atom stereocenters. The van der Waals surface area contributed by atoms with Gasteiger partial charge >= 0.3 is 6.18 Å². The molecule has 3 aromatic rings. The van der Waals surface area contributed by atoms with E-state index in [2.05, 4.69) is 0 Å². The Balaban J connectivity index is 1.98. The second-order valence-corrected chi connectivity index (χ2v) is 8.05. The van der Waals surface area contributed by atoms with Gasteiger partial charge < -0.3 is 9.30 Å². The van der Waals surface area contributed by atoms with E-state index in [9.17, 15) is 13.2 Å². The van der Waals surface area contributed by atoms with Crippen molar-refractivity contribution in [1.82, 2.24) is 4.57 Å². The molecule has 0 bridgehead atoms. The van der Waals surface area contributed by atoms with Crippen molar-refractivity contribution in [2.24, 2.45) is 19.5 Å². The summed E-state index contributed by atoms with van der Waals surface area (Å²) in [7, 11) is 3.84. The smallest absolute Gasteiger partial charge is 0.394 e. The van der Waals surface area contributed by atoms with E-state index < -0.39 is 11.6 Å². The molecular weight excluding hydrogens is 353 g/mol. The van der Waals surface area contributed by atoms with Crippen LogP contribution in [0.4, 0.5) is 13.2 Å². The molecule has 1 aliphatic rings. The fourth-order valence-electron chi connectivity index (χ4n) is 3.83. The van der Waals surface area contributed by atoms with Crippen LogP contribution in [-0.4, -0.2) is 10.7 Å². The molecule has 27 heavy (non-hydrogen) atoms. The Kier molecular flexibility index (Phi) is 3.65. The fraction of sp³-hybridized carbons (Fsp3) is 0.381. The molecule has 0 aliphatic carbocycles. The van der Waals surface area contributed by atoms with Gasteiger partial charge in [-0.2, -0.15) is 17.7 Å². The van der Waals surface area contributed by atoms with Gasteiger partial charge in [0.05, 0.1) is 21.9 Å². The van der Waals surface area contributed by atoms with E-state index in [1.165, 1.54) is 13.8 Å². The van der Waals surface area contributed by atoms with Crippen LogP contribution in [-0.2, 0) is 20.5 Å². The minimum absolute atomic E-state index is 0.142. The first-order chi connectivity index (χ1) is 12.5. The topological polar surface area (TPSA) is 18.0 Å². The lowest BCUT2D eigenvalue weighted by Crippen LogP contribution is -2.36. The van der Waals surface area contributed by atoms with E-state index in [1.54, 1.807) is 6.07 Å². The SMILES string of the molecule is Cc1ccc2c3c(cn2C)Oc2c(CC(C)(C)C(F)(F)F)cc[n+](C)c2-c13. The van der Waals surface area contributed by atoms with E-state index in [0.717, 1.165) is 27.7 Å². The van der Waals surface area contributed by atoms with E-state index in [4.69, 9.17) is 4.74 Å². The summed E-state index contributed by atoms with van der Waals surface area (Å²) in [5.74, 6) is 1.21. The average molecular weight is 375 g/mol. The standard InChI is InChI=1S/C21H22F3N2O/c1-12-6-7-14-17-15(11-26(14)5)27-19-13(10-20(2,3)21(22,23)24)8-9-25(4)18(19)16(12)17/h6-9,11H,10H2,1-5H3/q+1. The highest BCUT2D eigenvalue weighted by Gasteiger charge is 2.48. The summed E-state index contributed by atoms with van der Waals surface area (Å²) in [4.78, 5) is 0. The van der Waals surface area contributed by atoms with Gasteiger partial charge in [-0.3, -0.25) is 0 Å². The molecule has 1 aliphatic heterocycles. The molecule has 0 fully saturated rings. The molecule has 3 heterocycles. The first-order valence-electron chi connectivity index (χ1n) is 8.86. The minimum atomic E-state index is -4.29. The maximum Gasteiger partial charge on any atom is 0.394 e. The summed E-state index contributed by atoms with van der Waals surface area (Å²) in [6.45, 7) is 4.48. The number of rotatable bonds is 2. The summed E-state index contributed by atoms with van der Waals surface area (Å²) >= 11 is 0. The lowest BCUT2D eigenvalue weighted by molar-refractivity contribution is -0.660. The summed E-state index contributed by atoms with van der Waals surface area (Å²) in [6, 6.07) is 5.82. The number of ether oxygens (including phenoxy) is 1. The Labute approximate surface area is 156 Å². The molecule has 0 unspecified atom stereocenters. The van der Waals surface area contributed by atoms with Crippen LogP contribution in [0.2, 0.25) is 0 Å². The van der Waals surface area contributed by atoms with E-state index in [-0.39, 0.29) is 6.42 Å². The van der Waals surface area contributed by atoms with Gasteiger partial charge in [-0.1, -0.05) is 19.9 Å². The third kappa shape index (κ3) is 2.53. The zero-order chi connectivity index (χ0) is 19.7. The number of fused-ring (bicyclic) bond motifs is 2. The van der Waals surface area contributed by atoms with Gasteiger partial charge in [0.2, 0.25) is 5.75 Å². The zero-order valence-corrected chi connectivity index (χ0v) is 16.0. The van der Waals surface area contributed by atoms with Crippen LogP contribution in [0.1, 0.15) is 25.0 Å². The van der Waals surface area contributed by atoms with Crippen LogP contribution in [0.5, 0.6) is 11.5 Å². The van der Waals surface area contributed by atoms with Gasteiger partial charge in [0.1, 0.15) is 7.05 Å². The first kappa shape index (κ1) is 17.9. The number of benzene rings is 1. The second-order valence-electron chi connectivity index (χ2n) is 8.05. The van der Waals surface area contributed by atoms with Crippen molar-refractivity contribution in [2.75, 3.05) is 0 Å². The lowest BCUT2D eigenvalue weighted by Gasteiger charge is -2.29. The Morgan fingerprint density at radius 3 is 2.52 bits per heavy atom. The molecule has 4 rings (SSSR count). The number of alkyl halides is 3. The highest BCUT2D eigenvalue weighted by Crippen LogP contribution is 2.50. The Bertz CT molecular complexity index is 1080. The Hall–Kier alpha value is -2.50. The van der Waals surface area contributed by atoms with Gasteiger partial charge in [0, 0.05) is 24.9 Å². The highest BCUT2D eigenvalue weighted by atomic mass is 19.4. The largest absolute Gasteiger partial charge is 0.448 e. The van der Waals surface area contributed by atoms with Crippen LogP contribution in [0.3, 0.4) is 0 Å². The van der Waals surface area contributed by atoms with Crippen molar-refractivity contribution in [3.05, 3.63) is 41.7 Å². The number of hydrogen-bond donors (Lipinski definition) is 0. The third-order valence-electron chi connectivity index (χ3n) is 5.54. The predicted molar refractivity (Wildman–Crippen MR) is 97.9 cm³/mol. The van der Waals surface area contributed by atoms with Gasteiger partial charge in [-0.25, -0.2) is 0 Å². The van der Waals surface area contributed by atoms with Gasteiger partial charge in [-0.05, 0) is 25.0 Å². The molecule has 0 amide bonds. The first-order valence-corrected chi connectivity index (χ1v) is 8.86. The Morgan fingerprint density at radius 2 is 1.85 bits per heavy atom. The van der Waals surface area contributed by atoms with E-state index >= 15 is 0 Å². The van der Waals surface area contributed by atoms with Crippen LogP contribution in [0.25, 0.3) is 22.2 Å². The minimum Gasteiger partial charge on any atom is -0.448 e. The summed E-state index contributed by atoms with van der Waals surface area (Å²) in [5.41, 5.74) is 2.68. The molecular formula is C21H22F3N2O+. The zero-order valence-electron chi connectivity index (χ0n) is 16.0. The quantitative estimate of drug-likeness (QED) is 0.440. The maximum absolute atomic E-state index is 13.5. The predicted octanol–water partition coefficient (Wildman–Crippen LogP) is 5.21. The van der Waals surface area contributed by atoms with Crippen molar-refractivity contribution in [1.29, 1.82) is 0 Å². The molecule has 0 saturated carbocycles. The normalized spacial score (nSPS) is 13.6. The molecule has 1 aromatic carbocycles. The van der Waals surface area contributed by atoms with E-state index in [1.807, 2.05) is 54.7 Å². The van der Waals surface area contributed by atoms with Gasteiger partial charge in [0.25, 0.3) is 5.69 Å². The molecule has 142 valence electrons. The second kappa shape index (κ2) is 5.50. The molecule has 0 N–H and O–H groups in total. The molecule has 0 spiro atoms. The summed E-state index contributed by atoms with van der Waals surface area (Å²) in [5, 5.41) is 1.01. The number of pyridine rings is 1. The van der Waals surface area contributed by atoms with Crippen LogP contribution in [0, 0.1) is 12.3 Å². The number of halogens is 3. The molecule has 0 radical (unpaired) electrons. The van der Waals surface area contributed by atoms with Crippen molar-refractivity contribution in [2.45, 2.75) is 33.4 Å². The average Bonchev–Trinajstić information content (AvgIpc) is 2.88. The Morgan fingerprint density at radius 1 is 1.15 bits per heavy atom. The van der Waals surface area contributed by atoms with Crippen molar-refractivity contribution in [3.8, 4) is 22.8 Å². The number of hydrogen-bond acceptors (Lipinski definition) is 1. The number of nitrogens with zero attached hydrogens (tertiary/aromatic N) is 2. The molecule has 2 aromatic heterocycles. The van der Waals surface area contributed by atoms with Crippen molar-refractivity contribution >= 4 is 10.9 Å². The number of aromatic nitrogens is 2. The van der Waals surface area contributed by atoms with E-state index in [0.29, 0.717) is 17.1 Å². The highest BCUT2D eigenvalue weighted by molar-refractivity contribution is 6.03. The van der Waals surface area contributed by atoms with Crippen LogP contribution >= 0.6 is 0 Å². The fourth-order valence-corrected chi connectivity index (χ4v) is 3.83. The van der Waals surface area contributed by atoms with Crippen LogP contribution in [0.15, 0.2) is 30.6 Å². The monoisotopic (exact) mass is 375 g/mol. The molecule has 0 saturated heterocycles. The summed E-state index contributed by atoms with van der Waals surface area (Å²) < 4.78 is 50.5. The summed E-state index contributed by atoms with van der Waals surface area (Å²) in [6.07, 6.45) is -0.726.